The highest BCUT2D eigenvalue weighted by Gasteiger charge is 2.40. The number of rotatable bonds is 4. The summed E-state index contributed by atoms with van der Waals surface area (Å²) in [6.07, 6.45) is 8.55. The van der Waals surface area contributed by atoms with E-state index in [4.69, 9.17) is 0 Å². The zero-order valence-corrected chi connectivity index (χ0v) is 13.3. The van der Waals surface area contributed by atoms with Crippen LogP contribution in [0.3, 0.4) is 0 Å². The number of hydrogen-bond donors (Lipinski definition) is 2. The maximum Gasteiger partial charge on any atom is 0.329 e. The first kappa shape index (κ1) is 16.1. The number of nitrogens with one attached hydrogen (secondary N) is 1. The normalized spacial score (nSPS) is 23.8. The average molecular weight is 296 g/mol. The number of amides is 2. The molecule has 0 bridgehead atoms. The fourth-order valence-corrected chi connectivity index (χ4v) is 3.85. The summed E-state index contributed by atoms with van der Waals surface area (Å²) in [5, 5.41) is 12.1. The quantitative estimate of drug-likeness (QED) is 0.838. The van der Waals surface area contributed by atoms with Gasteiger partial charge in [-0.1, -0.05) is 26.2 Å². The molecule has 2 fully saturated rings. The fraction of sp³-hybridized carbons (Fsp3) is 0.875. The number of piperidine rings is 1. The number of carboxylic acids is 1. The molecule has 2 N–H and O–H groups in total. The monoisotopic (exact) mass is 296 g/mol. The van der Waals surface area contributed by atoms with Gasteiger partial charge in [-0.25, -0.2) is 9.59 Å². The fourth-order valence-electron chi connectivity index (χ4n) is 3.85. The number of aliphatic carboxylic acids is 1. The third-order valence-electron chi connectivity index (χ3n) is 5.38. The number of urea groups is 1. The van der Waals surface area contributed by atoms with Crippen molar-refractivity contribution in [3.8, 4) is 0 Å². The molecule has 1 aliphatic heterocycles. The van der Waals surface area contributed by atoms with E-state index in [9.17, 15) is 14.7 Å². The zero-order valence-electron chi connectivity index (χ0n) is 13.3. The highest BCUT2D eigenvalue weighted by molar-refractivity contribution is 5.85. The van der Waals surface area contributed by atoms with Gasteiger partial charge in [0, 0.05) is 13.1 Å². The van der Waals surface area contributed by atoms with Gasteiger partial charge in [-0.3, -0.25) is 0 Å². The largest absolute Gasteiger partial charge is 0.480 e. The van der Waals surface area contributed by atoms with Crippen molar-refractivity contribution >= 4 is 12.0 Å². The van der Waals surface area contributed by atoms with Crippen LogP contribution in [0.15, 0.2) is 0 Å². The summed E-state index contributed by atoms with van der Waals surface area (Å²) in [6.45, 7) is 5.04. The van der Waals surface area contributed by atoms with E-state index in [1.54, 1.807) is 11.8 Å². The Labute approximate surface area is 127 Å². The first-order valence-electron chi connectivity index (χ1n) is 8.21. The summed E-state index contributed by atoms with van der Waals surface area (Å²) in [4.78, 5) is 25.5. The molecule has 1 unspecified atom stereocenters. The second kappa shape index (κ2) is 6.24. The molecule has 2 rings (SSSR count). The molecule has 0 aromatic heterocycles. The molecule has 21 heavy (non-hydrogen) atoms. The smallest absolute Gasteiger partial charge is 0.329 e. The molecule has 1 heterocycles. The van der Waals surface area contributed by atoms with E-state index in [0.717, 1.165) is 32.4 Å². The maximum absolute atomic E-state index is 12.3. The molecule has 2 aliphatic rings. The van der Waals surface area contributed by atoms with Crippen LogP contribution in [-0.2, 0) is 4.79 Å². The molecule has 1 aliphatic carbocycles. The SMILES string of the molecule is CCCC(C)(NC(=O)N1CCC2(CCCC2)CC1)C(=O)O. The van der Waals surface area contributed by atoms with Crippen LogP contribution in [0.1, 0.15) is 65.2 Å². The Morgan fingerprint density at radius 2 is 1.76 bits per heavy atom. The van der Waals surface area contributed by atoms with Crippen molar-refractivity contribution in [1.29, 1.82) is 0 Å². The predicted octanol–water partition coefficient (Wildman–Crippen LogP) is 3.00. The number of carboxylic acid groups (broad SMARTS) is 1. The van der Waals surface area contributed by atoms with Crippen LogP contribution in [0, 0.1) is 5.41 Å². The second-order valence-corrected chi connectivity index (χ2v) is 7.01. The van der Waals surface area contributed by atoms with Crippen LogP contribution in [0.4, 0.5) is 4.79 Å². The topological polar surface area (TPSA) is 69.6 Å². The summed E-state index contributed by atoms with van der Waals surface area (Å²) in [6, 6.07) is -0.221. The van der Waals surface area contributed by atoms with Gasteiger partial charge < -0.3 is 15.3 Å². The zero-order chi connectivity index (χ0) is 15.5. The van der Waals surface area contributed by atoms with Crippen LogP contribution < -0.4 is 5.32 Å². The molecule has 2 amide bonds. The van der Waals surface area contributed by atoms with E-state index in [1.807, 2.05) is 6.92 Å². The first-order valence-corrected chi connectivity index (χ1v) is 8.21. The summed E-state index contributed by atoms with van der Waals surface area (Å²) in [5.74, 6) is -0.957. The van der Waals surface area contributed by atoms with Gasteiger partial charge in [-0.15, -0.1) is 0 Å². The molecule has 1 saturated heterocycles. The second-order valence-electron chi connectivity index (χ2n) is 7.01. The lowest BCUT2D eigenvalue weighted by Crippen LogP contribution is -2.57. The van der Waals surface area contributed by atoms with Crippen molar-refractivity contribution < 1.29 is 14.7 Å². The molecule has 120 valence electrons. The number of nitrogens with zero attached hydrogens (tertiary/aromatic N) is 1. The lowest BCUT2D eigenvalue weighted by molar-refractivity contribution is -0.144. The van der Waals surface area contributed by atoms with Crippen LogP contribution in [0.5, 0.6) is 0 Å². The van der Waals surface area contributed by atoms with Gasteiger partial charge in [0.2, 0.25) is 0 Å². The minimum absolute atomic E-state index is 0.221. The molecule has 0 radical (unpaired) electrons. The van der Waals surface area contributed by atoms with Gasteiger partial charge in [0.15, 0.2) is 0 Å². The Hall–Kier alpha value is -1.26. The Morgan fingerprint density at radius 1 is 1.19 bits per heavy atom. The van der Waals surface area contributed by atoms with E-state index in [0.29, 0.717) is 11.8 Å². The summed E-state index contributed by atoms with van der Waals surface area (Å²) >= 11 is 0. The molecule has 5 nitrogen and oxygen atoms in total. The van der Waals surface area contributed by atoms with Gasteiger partial charge in [0.1, 0.15) is 5.54 Å². The molecular weight excluding hydrogens is 268 g/mol. The van der Waals surface area contributed by atoms with E-state index in [2.05, 4.69) is 5.32 Å². The lowest BCUT2D eigenvalue weighted by atomic mass is 9.77. The Balaban J connectivity index is 1.90. The van der Waals surface area contributed by atoms with Crippen molar-refractivity contribution in [3.63, 3.8) is 0 Å². The van der Waals surface area contributed by atoms with E-state index < -0.39 is 11.5 Å². The predicted molar refractivity (Wildman–Crippen MR) is 81.2 cm³/mol. The van der Waals surface area contributed by atoms with Gasteiger partial charge in [-0.2, -0.15) is 0 Å². The molecule has 5 heteroatoms. The standard InChI is InChI=1S/C16H28N2O3/c1-3-6-15(2,13(19)20)17-14(21)18-11-9-16(10-12-18)7-4-5-8-16/h3-12H2,1-2H3,(H,17,21)(H,19,20). The van der Waals surface area contributed by atoms with Gasteiger partial charge >= 0.3 is 12.0 Å². The molecule has 1 saturated carbocycles. The van der Waals surface area contributed by atoms with Crippen molar-refractivity contribution in [1.82, 2.24) is 10.2 Å². The maximum atomic E-state index is 12.3. The highest BCUT2D eigenvalue weighted by atomic mass is 16.4. The van der Waals surface area contributed by atoms with Crippen LogP contribution in [0.25, 0.3) is 0 Å². The van der Waals surface area contributed by atoms with Crippen LogP contribution in [-0.4, -0.2) is 40.6 Å². The summed E-state index contributed by atoms with van der Waals surface area (Å²) < 4.78 is 0. The molecule has 0 aromatic carbocycles. The number of carbonyl (C=O) groups excluding carboxylic acids is 1. The molecule has 1 atom stereocenters. The minimum Gasteiger partial charge on any atom is -0.480 e. The Kier molecular flexibility index (Phi) is 4.79. The van der Waals surface area contributed by atoms with E-state index in [1.165, 1.54) is 25.7 Å². The highest BCUT2D eigenvalue weighted by Crippen LogP contribution is 2.46. The van der Waals surface area contributed by atoms with Crippen LogP contribution >= 0.6 is 0 Å². The third kappa shape index (κ3) is 3.50. The van der Waals surface area contributed by atoms with Gasteiger partial charge in [0.05, 0.1) is 0 Å². The van der Waals surface area contributed by atoms with Gasteiger partial charge in [0.25, 0.3) is 0 Å². The van der Waals surface area contributed by atoms with Crippen LogP contribution in [0.2, 0.25) is 0 Å². The first-order chi connectivity index (χ1) is 9.91. The Morgan fingerprint density at radius 3 is 2.24 bits per heavy atom. The average Bonchev–Trinajstić information content (AvgIpc) is 2.88. The summed E-state index contributed by atoms with van der Waals surface area (Å²) in [5.41, 5.74) is -0.690. The molecule has 1 spiro atoms. The van der Waals surface area contributed by atoms with Crippen molar-refractivity contribution in [2.75, 3.05) is 13.1 Å². The van der Waals surface area contributed by atoms with E-state index in [-0.39, 0.29) is 6.03 Å². The summed E-state index contributed by atoms with van der Waals surface area (Å²) in [7, 11) is 0. The van der Waals surface area contributed by atoms with Crippen molar-refractivity contribution in [3.05, 3.63) is 0 Å². The third-order valence-corrected chi connectivity index (χ3v) is 5.38. The van der Waals surface area contributed by atoms with Crippen molar-refractivity contribution in [2.24, 2.45) is 5.41 Å². The minimum atomic E-state index is -1.16. The number of likely N-dealkylation sites (tertiary alicyclic amines) is 1. The van der Waals surface area contributed by atoms with Gasteiger partial charge in [-0.05, 0) is 44.4 Å². The molecular formula is C16H28N2O3. The number of hydrogen-bond acceptors (Lipinski definition) is 2. The Bertz CT molecular complexity index is 394. The number of carbonyl (C=O) groups is 2. The molecule has 0 aromatic rings. The van der Waals surface area contributed by atoms with E-state index >= 15 is 0 Å². The van der Waals surface area contributed by atoms with Crippen molar-refractivity contribution in [2.45, 2.75) is 70.8 Å². The lowest BCUT2D eigenvalue weighted by Gasteiger charge is -2.40.